The molecule has 1 fully saturated rings. The normalized spacial score (nSPS) is 23.3. The van der Waals surface area contributed by atoms with Gasteiger partial charge in [0, 0.05) is 31.2 Å². The van der Waals surface area contributed by atoms with Gasteiger partial charge in [-0.05, 0) is 29.5 Å². The van der Waals surface area contributed by atoms with Crippen LogP contribution in [0.3, 0.4) is 0 Å². The highest BCUT2D eigenvalue weighted by Crippen LogP contribution is 2.24. The van der Waals surface area contributed by atoms with Crippen LogP contribution in [0.15, 0.2) is 29.4 Å². The molecular formula is C16H22ClN5O2S2. The number of benzene rings is 1. The van der Waals surface area contributed by atoms with Gasteiger partial charge in [0.25, 0.3) is 0 Å². The maximum absolute atomic E-state index is 12.0. The molecule has 26 heavy (non-hydrogen) atoms. The molecule has 1 aromatic carbocycles. The number of rotatable bonds is 7. The van der Waals surface area contributed by atoms with Gasteiger partial charge < -0.3 is 15.8 Å². The van der Waals surface area contributed by atoms with E-state index in [1.54, 1.807) is 0 Å². The van der Waals surface area contributed by atoms with Crippen molar-refractivity contribution in [3.8, 4) is 0 Å². The summed E-state index contributed by atoms with van der Waals surface area (Å²) in [5.41, 5.74) is 9.62. The Hall–Kier alpha value is -1.13. The van der Waals surface area contributed by atoms with Gasteiger partial charge in [0.2, 0.25) is 5.91 Å². The number of halogens is 1. The summed E-state index contributed by atoms with van der Waals surface area (Å²) in [6.45, 7) is 3.66. The first-order valence-corrected chi connectivity index (χ1v) is 10.6. The first-order chi connectivity index (χ1) is 12.6. The van der Waals surface area contributed by atoms with Gasteiger partial charge in [0.05, 0.1) is 18.5 Å². The van der Waals surface area contributed by atoms with Crippen LogP contribution in [0, 0.1) is 0 Å². The fourth-order valence-corrected chi connectivity index (χ4v) is 4.67. The smallest absolute Gasteiger partial charge is 0.230 e. The molecule has 0 spiro atoms. The molecule has 10 heteroatoms. The minimum atomic E-state index is -0.0153. The summed E-state index contributed by atoms with van der Waals surface area (Å²) in [4.78, 5) is 14.3. The Bertz CT molecular complexity index is 663. The molecular weight excluding hydrogens is 394 g/mol. The van der Waals surface area contributed by atoms with E-state index in [0.717, 1.165) is 24.7 Å². The summed E-state index contributed by atoms with van der Waals surface area (Å²) in [6, 6.07) is 7.89. The topological polar surface area (TPSA) is 92.0 Å². The second-order valence-corrected chi connectivity index (χ2v) is 8.96. The van der Waals surface area contributed by atoms with E-state index >= 15 is 0 Å². The van der Waals surface area contributed by atoms with Crippen molar-refractivity contribution in [3.63, 3.8) is 0 Å². The van der Waals surface area contributed by atoms with Gasteiger partial charge in [-0.1, -0.05) is 23.7 Å². The van der Waals surface area contributed by atoms with Crippen molar-refractivity contribution in [3.05, 3.63) is 34.9 Å². The van der Waals surface area contributed by atoms with E-state index in [-0.39, 0.29) is 16.7 Å². The summed E-state index contributed by atoms with van der Waals surface area (Å²) < 4.78 is 5.77. The minimum Gasteiger partial charge on any atom is -0.377 e. The Labute approximate surface area is 166 Å². The van der Waals surface area contributed by atoms with Crippen LogP contribution in [0.25, 0.3) is 0 Å². The average molecular weight is 416 g/mol. The van der Waals surface area contributed by atoms with Crippen LogP contribution in [0.5, 0.6) is 0 Å². The highest BCUT2D eigenvalue weighted by Gasteiger charge is 2.22. The van der Waals surface area contributed by atoms with E-state index in [0.29, 0.717) is 24.1 Å². The first-order valence-electron chi connectivity index (χ1n) is 8.30. The van der Waals surface area contributed by atoms with Crippen molar-refractivity contribution >= 4 is 46.2 Å². The Kier molecular flexibility index (Phi) is 7.32. The molecule has 1 saturated heterocycles. The molecule has 3 rings (SSSR count). The van der Waals surface area contributed by atoms with Gasteiger partial charge in [-0.2, -0.15) is 5.10 Å². The number of amides is 1. The molecule has 0 saturated carbocycles. The number of nitrogens with zero attached hydrogens (tertiary/aromatic N) is 2. The summed E-state index contributed by atoms with van der Waals surface area (Å²) in [5, 5.41) is 8.07. The van der Waals surface area contributed by atoms with Crippen molar-refractivity contribution in [2.24, 2.45) is 10.8 Å². The lowest BCUT2D eigenvalue weighted by Crippen LogP contribution is -2.47. The molecule has 1 unspecified atom stereocenters. The lowest BCUT2D eigenvalue weighted by molar-refractivity contribution is -0.119. The van der Waals surface area contributed by atoms with Crippen molar-refractivity contribution in [1.82, 2.24) is 15.6 Å². The van der Waals surface area contributed by atoms with E-state index < -0.39 is 0 Å². The van der Waals surface area contributed by atoms with E-state index in [2.05, 4.69) is 26.8 Å². The average Bonchev–Trinajstić information content (AvgIpc) is 3.04. The number of hydrogen-bond acceptors (Lipinski definition) is 8. The van der Waals surface area contributed by atoms with Crippen LogP contribution < -0.4 is 16.5 Å². The molecule has 0 aromatic heterocycles. The van der Waals surface area contributed by atoms with E-state index in [1.165, 1.54) is 29.1 Å². The SMILES string of the molecule is NC1=NNC(SCC(=O)NC[C@H]2CN(Cc3cccc(Cl)c3)CCO2)S1. The largest absolute Gasteiger partial charge is 0.377 e. The zero-order valence-corrected chi connectivity index (χ0v) is 16.6. The van der Waals surface area contributed by atoms with E-state index in [4.69, 9.17) is 22.1 Å². The molecule has 2 aliphatic rings. The molecule has 0 bridgehead atoms. The molecule has 0 radical (unpaired) electrons. The fraction of sp³-hybridized carbons (Fsp3) is 0.500. The number of thioether (sulfide) groups is 2. The Morgan fingerprint density at radius 2 is 2.46 bits per heavy atom. The van der Waals surface area contributed by atoms with Crippen LogP contribution >= 0.6 is 35.1 Å². The van der Waals surface area contributed by atoms with Gasteiger partial charge in [-0.15, -0.1) is 11.8 Å². The van der Waals surface area contributed by atoms with Crippen LogP contribution in [-0.2, 0) is 16.1 Å². The number of ether oxygens (including phenoxy) is 1. The zero-order valence-electron chi connectivity index (χ0n) is 14.2. The molecule has 1 amide bonds. The maximum atomic E-state index is 12.0. The number of amidine groups is 1. The molecule has 1 aromatic rings. The Balaban J connectivity index is 1.36. The van der Waals surface area contributed by atoms with Crippen LogP contribution in [0.1, 0.15) is 5.56 Å². The minimum absolute atomic E-state index is 0.000122. The lowest BCUT2D eigenvalue weighted by atomic mass is 10.2. The second kappa shape index (κ2) is 9.70. The summed E-state index contributed by atoms with van der Waals surface area (Å²) >= 11 is 8.93. The predicted octanol–water partition coefficient (Wildman–Crippen LogP) is 1.24. The second-order valence-electron chi connectivity index (χ2n) is 6.00. The lowest BCUT2D eigenvalue weighted by Gasteiger charge is -2.33. The van der Waals surface area contributed by atoms with Gasteiger partial charge in [-0.3, -0.25) is 15.1 Å². The Morgan fingerprint density at radius 1 is 1.58 bits per heavy atom. The zero-order chi connectivity index (χ0) is 18.4. The number of morpholine rings is 1. The third kappa shape index (κ3) is 6.24. The van der Waals surface area contributed by atoms with Gasteiger partial charge in [0.15, 0.2) is 5.17 Å². The third-order valence-electron chi connectivity index (χ3n) is 3.92. The first kappa shape index (κ1) is 19.6. The predicted molar refractivity (Wildman–Crippen MR) is 108 cm³/mol. The van der Waals surface area contributed by atoms with Crippen molar-refractivity contribution in [1.29, 1.82) is 0 Å². The standard InChI is InChI=1S/C16H22ClN5O2S2/c17-12-3-1-2-11(6-12)8-22-4-5-24-13(9-22)7-19-14(23)10-25-16-21-20-15(18)26-16/h1-3,6,13,16,21H,4-5,7-10H2,(H2,18,20)(H,19,23)/t13-,16?/m0/s1. The molecule has 2 atom stereocenters. The highest BCUT2D eigenvalue weighted by molar-refractivity contribution is 8.25. The number of hydrazone groups is 1. The van der Waals surface area contributed by atoms with Gasteiger partial charge in [-0.25, -0.2) is 0 Å². The Morgan fingerprint density at radius 3 is 3.23 bits per heavy atom. The molecule has 7 nitrogen and oxygen atoms in total. The van der Waals surface area contributed by atoms with Crippen molar-refractivity contribution in [2.75, 3.05) is 32.0 Å². The maximum Gasteiger partial charge on any atom is 0.230 e. The summed E-state index contributed by atoms with van der Waals surface area (Å²) in [6.07, 6.45) is -0.00478. The molecule has 142 valence electrons. The number of carbonyl (C=O) groups excluding carboxylic acids is 1. The summed E-state index contributed by atoms with van der Waals surface area (Å²) in [5.74, 6) is 0.338. The van der Waals surface area contributed by atoms with Crippen LogP contribution in [0.4, 0.5) is 0 Å². The number of nitrogens with two attached hydrogens (primary N) is 1. The number of nitrogens with one attached hydrogen (secondary N) is 2. The van der Waals surface area contributed by atoms with Crippen LogP contribution in [-0.4, -0.2) is 58.8 Å². The van der Waals surface area contributed by atoms with Crippen molar-refractivity contribution < 1.29 is 9.53 Å². The number of hydrogen-bond donors (Lipinski definition) is 3. The van der Waals surface area contributed by atoms with Gasteiger partial charge in [0.1, 0.15) is 4.71 Å². The van der Waals surface area contributed by atoms with Gasteiger partial charge >= 0.3 is 0 Å². The van der Waals surface area contributed by atoms with E-state index in [1.807, 2.05) is 18.2 Å². The quantitative estimate of drug-likeness (QED) is 0.617. The molecule has 2 heterocycles. The third-order valence-corrected chi connectivity index (χ3v) is 6.34. The van der Waals surface area contributed by atoms with Crippen LogP contribution in [0.2, 0.25) is 5.02 Å². The van der Waals surface area contributed by atoms with E-state index in [9.17, 15) is 4.79 Å². The fourth-order valence-electron chi connectivity index (χ4n) is 2.72. The number of carbonyl (C=O) groups is 1. The molecule has 0 aliphatic carbocycles. The molecule has 4 N–H and O–H groups in total. The summed E-state index contributed by atoms with van der Waals surface area (Å²) in [7, 11) is 0. The van der Waals surface area contributed by atoms with Crippen molar-refractivity contribution in [2.45, 2.75) is 17.4 Å². The highest BCUT2D eigenvalue weighted by atomic mass is 35.5. The monoisotopic (exact) mass is 415 g/mol. The molecule has 2 aliphatic heterocycles.